The van der Waals surface area contributed by atoms with Gasteiger partial charge in [-0.25, -0.2) is 4.79 Å². The van der Waals surface area contributed by atoms with Crippen LogP contribution in [0.15, 0.2) is 15.8 Å². The maximum Gasteiger partial charge on any atom is 0.423 e. The average Bonchev–Trinajstić information content (AvgIpc) is 3.10. The Morgan fingerprint density at radius 3 is 2.50 bits per heavy atom. The number of alkyl halides is 3. The normalized spacial score (nSPS) is 21.4. The molecule has 0 radical (unpaired) electrons. The standard InChI is InChI=1S/C23H35F3N2O5Si/c1-7-8-9-10-11-12-31-17-13-19(33-18(17)15-32-34(5,6)22(2,3)4)28-14-16(23(24,25)26)20(29)27-21(28)30/h14,17-19H,7-9,12-13,15H2,1-6H3,(H,27,29,30)/t17-,18+,19+/m0/s1. The molecule has 0 spiro atoms. The smallest absolute Gasteiger partial charge is 0.414 e. The molecule has 2 rings (SSSR count). The quantitative estimate of drug-likeness (QED) is 0.322. The van der Waals surface area contributed by atoms with E-state index >= 15 is 0 Å². The molecular formula is C23H35F3N2O5Si. The molecule has 1 aliphatic heterocycles. The van der Waals surface area contributed by atoms with Crippen molar-refractivity contribution in [1.82, 2.24) is 9.55 Å². The number of nitrogens with zero attached hydrogens (tertiary/aromatic N) is 1. The summed E-state index contributed by atoms with van der Waals surface area (Å²) in [5.74, 6) is 5.97. The number of hydrogen-bond donors (Lipinski definition) is 1. The van der Waals surface area contributed by atoms with E-state index in [1.54, 1.807) is 4.98 Å². The summed E-state index contributed by atoms with van der Waals surface area (Å²) in [6, 6.07) is 0. The van der Waals surface area contributed by atoms with Crippen LogP contribution in [0.4, 0.5) is 13.2 Å². The molecule has 7 nitrogen and oxygen atoms in total. The molecule has 1 N–H and O–H groups in total. The molecule has 1 aliphatic rings. The van der Waals surface area contributed by atoms with Gasteiger partial charge in [0.25, 0.3) is 5.56 Å². The van der Waals surface area contributed by atoms with Crippen LogP contribution in [0.2, 0.25) is 18.1 Å². The summed E-state index contributed by atoms with van der Waals surface area (Å²) in [5, 5.41) is -0.0520. The van der Waals surface area contributed by atoms with Crippen LogP contribution in [0.5, 0.6) is 0 Å². The van der Waals surface area contributed by atoms with Crippen molar-refractivity contribution in [3.63, 3.8) is 0 Å². The number of H-pyrrole nitrogens is 1. The number of ether oxygens (including phenoxy) is 2. The predicted molar refractivity (Wildman–Crippen MR) is 125 cm³/mol. The Bertz CT molecular complexity index is 1000. The second-order valence-electron chi connectivity index (χ2n) is 9.95. The van der Waals surface area contributed by atoms with E-state index in [1.807, 2.05) is 0 Å². The minimum absolute atomic E-state index is 0.0520. The highest BCUT2D eigenvalue weighted by Crippen LogP contribution is 2.38. The molecule has 192 valence electrons. The Hall–Kier alpha value is -1.87. The zero-order valence-electron chi connectivity index (χ0n) is 20.7. The van der Waals surface area contributed by atoms with E-state index in [0.717, 1.165) is 23.8 Å². The van der Waals surface area contributed by atoms with Gasteiger partial charge in [-0.2, -0.15) is 13.2 Å². The lowest BCUT2D eigenvalue weighted by Crippen LogP contribution is -2.44. The van der Waals surface area contributed by atoms with Gasteiger partial charge in [0.1, 0.15) is 24.5 Å². The first kappa shape index (κ1) is 28.4. The van der Waals surface area contributed by atoms with Crippen LogP contribution in [0.1, 0.15) is 65.2 Å². The van der Waals surface area contributed by atoms with E-state index in [2.05, 4.69) is 52.6 Å². The third kappa shape index (κ3) is 7.31. The van der Waals surface area contributed by atoms with Crippen molar-refractivity contribution in [2.24, 2.45) is 0 Å². The molecule has 0 unspecified atom stereocenters. The summed E-state index contributed by atoms with van der Waals surface area (Å²) in [6.07, 6.45) is -3.69. The summed E-state index contributed by atoms with van der Waals surface area (Å²) < 4.78 is 58.5. The van der Waals surface area contributed by atoms with Crippen molar-refractivity contribution in [2.75, 3.05) is 13.2 Å². The molecular weight excluding hydrogens is 469 g/mol. The number of rotatable bonds is 8. The highest BCUT2D eigenvalue weighted by Gasteiger charge is 2.43. The fourth-order valence-corrected chi connectivity index (χ4v) is 4.17. The lowest BCUT2D eigenvalue weighted by atomic mass is 10.2. The maximum atomic E-state index is 13.2. The van der Waals surface area contributed by atoms with Gasteiger partial charge in [0.2, 0.25) is 0 Å². The average molecular weight is 505 g/mol. The minimum Gasteiger partial charge on any atom is -0.414 e. The first-order chi connectivity index (χ1) is 15.7. The number of aromatic amines is 1. The SMILES string of the molecule is CCCCC#CCO[C@H]1C[C@H](n2cc(C(F)(F)F)c(=O)[nH]c2=O)O[C@@H]1CO[Si](C)(C)C(C)(C)C. The van der Waals surface area contributed by atoms with Crippen LogP contribution >= 0.6 is 0 Å². The van der Waals surface area contributed by atoms with E-state index in [-0.39, 0.29) is 24.7 Å². The summed E-state index contributed by atoms with van der Waals surface area (Å²) in [6.45, 7) is 12.8. The molecule has 11 heteroatoms. The second-order valence-corrected chi connectivity index (χ2v) is 14.8. The van der Waals surface area contributed by atoms with Gasteiger partial charge in [-0.1, -0.05) is 40.0 Å². The highest BCUT2D eigenvalue weighted by atomic mass is 28.4. The van der Waals surface area contributed by atoms with Gasteiger partial charge < -0.3 is 13.9 Å². The van der Waals surface area contributed by atoms with E-state index in [9.17, 15) is 22.8 Å². The first-order valence-corrected chi connectivity index (χ1v) is 14.4. The van der Waals surface area contributed by atoms with Gasteiger partial charge in [0.15, 0.2) is 8.32 Å². The number of hydrogen-bond acceptors (Lipinski definition) is 5. The molecule has 0 amide bonds. The third-order valence-corrected chi connectivity index (χ3v) is 10.8. The van der Waals surface area contributed by atoms with Crippen molar-refractivity contribution in [2.45, 2.75) is 96.1 Å². The molecule has 1 aromatic rings. The lowest BCUT2D eigenvalue weighted by molar-refractivity contribution is -0.139. The fourth-order valence-electron chi connectivity index (χ4n) is 3.16. The monoisotopic (exact) mass is 504 g/mol. The molecule has 0 aliphatic carbocycles. The summed E-state index contributed by atoms with van der Waals surface area (Å²) in [5.41, 5.74) is -3.93. The first-order valence-electron chi connectivity index (χ1n) is 11.5. The predicted octanol–water partition coefficient (Wildman–Crippen LogP) is 4.44. The number of nitrogens with one attached hydrogen (secondary N) is 1. The van der Waals surface area contributed by atoms with E-state index in [0.29, 0.717) is 6.20 Å². The van der Waals surface area contributed by atoms with Crippen LogP contribution < -0.4 is 11.2 Å². The van der Waals surface area contributed by atoms with Gasteiger partial charge in [-0.3, -0.25) is 14.3 Å². The van der Waals surface area contributed by atoms with E-state index in [1.165, 1.54) is 0 Å². The summed E-state index contributed by atoms with van der Waals surface area (Å²) in [7, 11) is -2.14. The van der Waals surface area contributed by atoms with Crippen molar-refractivity contribution in [1.29, 1.82) is 0 Å². The minimum atomic E-state index is -4.91. The van der Waals surface area contributed by atoms with Gasteiger partial charge in [-0.05, 0) is 24.6 Å². The topological polar surface area (TPSA) is 82.6 Å². The molecule has 0 saturated carbocycles. The van der Waals surface area contributed by atoms with Gasteiger partial charge >= 0.3 is 11.9 Å². The van der Waals surface area contributed by atoms with Gasteiger partial charge in [0, 0.05) is 19.0 Å². The summed E-state index contributed by atoms with van der Waals surface area (Å²) in [4.78, 5) is 25.7. The van der Waals surface area contributed by atoms with Crippen LogP contribution in [-0.4, -0.2) is 43.3 Å². The fraction of sp³-hybridized carbons (Fsp3) is 0.739. The van der Waals surface area contributed by atoms with Crippen molar-refractivity contribution < 1.29 is 27.1 Å². The van der Waals surface area contributed by atoms with E-state index in [4.69, 9.17) is 13.9 Å². The molecule has 0 aromatic carbocycles. The zero-order chi connectivity index (χ0) is 25.7. The molecule has 0 bridgehead atoms. The van der Waals surface area contributed by atoms with E-state index < -0.39 is 49.7 Å². The van der Waals surface area contributed by atoms with Crippen molar-refractivity contribution in [3.8, 4) is 11.8 Å². The lowest BCUT2D eigenvalue weighted by Gasteiger charge is -2.37. The molecule has 3 atom stereocenters. The second kappa shape index (κ2) is 11.2. The largest absolute Gasteiger partial charge is 0.423 e. The third-order valence-electron chi connectivity index (χ3n) is 6.33. The van der Waals surface area contributed by atoms with Crippen molar-refractivity contribution in [3.05, 3.63) is 32.6 Å². The van der Waals surface area contributed by atoms with Crippen LogP contribution in [0, 0.1) is 11.8 Å². The Morgan fingerprint density at radius 1 is 1.24 bits per heavy atom. The van der Waals surface area contributed by atoms with Crippen molar-refractivity contribution >= 4 is 8.32 Å². The number of halogens is 3. The summed E-state index contributed by atoms with van der Waals surface area (Å²) >= 11 is 0. The molecule has 34 heavy (non-hydrogen) atoms. The van der Waals surface area contributed by atoms with Crippen LogP contribution in [0.25, 0.3) is 0 Å². The molecule has 1 aromatic heterocycles. The Balaban J connectivity index is 2.25. The number of unbranched alkanes of at least 4 members (excludes halogenated alkanes) is 2. The highest BCUT2D eigenvalue weighted by molar-refractivity contribution is 6.74. The molecule has 1 fully saturated rings. The zero-order valence-corrected chi connectivity index (χ0v) is 21.7. The van der Waals surface area contributed by atoms with Crippen LogP contribution in [-0.2, 0) is 20.1 Å². The van der Waals surface area contributed by atoms with Gasteiger partial charge in [-0.15, -0.1) is 5.92 Å². The Morgan fingerprint density at radius 2 is 1.91 bits per heavy atom. The van der Waals surface area contributed by atoms with Crippen LogP contribution in [0.3, 0.4) is 0 Å². The molecule has 2 heterocycles. The number of aromatic nitrogens is 2. The molecule has 1 saturated heterocycles. The Kier molecular flexibility index (Phi) is 9.38. The maximum absolute atomic E-state index is 13.2. The Labute approximate surface area is 199 Å². The van der Waals surface area contributed by atoms with Gasteiger partial charge in [0.05, 0.1) is 12.7 Å².